The molecule has 1 aliphatic rings. The molecule has 1 aliphatic heterocycles. The van der Waals surface area contributed by atoms with E-state index in [0.29, 0.717) is 19.8 Å². The van der Waals surface area contributed by atoms with Crippen molar-refractivity contribution in [2.45, 2.75) is 13.5 Å². The molecule has 0 saturated carbocycles. The van der Waals surface area contributed by atoms with Gasteiger partial charge in [-0.15, -0.1) is 0 Å². The maximum absolute atomic E-state index is 5.75. The lowest BCUT2D eigenvalue weighted by atomic mass is 9.97. The Morgan fingerprint density at radius 1 is 0.853 bits per heavy atom. The molecular weight excluding hydrogens is 420 g/mol. The Labute approximate surface area is 201 Å². The maximum Gasteiger partial charge on any atom is 0.0701 e. The standard InChI is InChI=1S/C30H32N2O2/c1-3-31-17-16-24(25-8-4-6-10-28(25)31)14-12-23-13-15-30-27(22-23)26-9-5-7-11-29(26)32(30)18-19-34-21-20-33-2/h4-16,22H,3,17-21H2,1-2H3/b14-12+. The summed E-state index contributed by atoms with van der Waals surface area (Å²) in [5, 5.41) is 2.57. The first-order valence-corrected chi connectivity index (χ1v) is 12.1. The van der Waals surface area contributed by atoms with Crippen LogP contribution in [0.5, 0.6) is 0 Å². The van der Waals surface area contributed by atoms with Crippen LogP contribution in [-0.2, 0) is 16.0 Å². The van der Waals surface area contributed by atoms with E-state index in [4.69, 9.17) is 9.47 Å². The number of hydrogen-bond acceptors (Lipinski definition) is 3. The molecule has 34 heavy (non-hydrogen) atoms. The predicted octanol–water partition coefficient (Wildman–Crippen LogP) is 6.39. The van der Waals surface area contributed by atoms with Gasteiger partial charge in [-0.2, -0.15) is 0 Å². The van der Waals surface area contributed by atoms with Crippen molar-refractivity contribution in [3.8, 4) is 0 Å². The van der Waals surface area contributed by atoms with Crippen LogP contribution in [-0.4, -0.2) is 44.6 Å². The molecule has 0 saturated heterocycles. The van der Waals surface area contributed by atoms with Crippen LogP contribution in [0, 0.1) is 0 Å². The molecule has 4 aromatic rings. The quantitative estimate of drug-likeness (QED) is 0.275. The second-order valence-electron chi connectivity index (χ2n) is 8.60. The Kier molecular flexibility index (Phi) is 6.79. The fraction of sp³-hybridized carbons (Fsp3) is 0.267. The molecule has 174 valence electrons. The number of aromatic nitrogens is 1. The topological polar surface area (TPSA) is 26.6 Å². The van der Waals surface area contributed by atoms with Crippen molar-refractivity contribution in [1.82, 2.24) is 4.57 Å². The highest BCUT2D eigenvalue weighted by molar-refractivity contribution is 6.08. The monoisotopic (exact) mass is 452 g/mol. The molecule has 0 amide bonds. The number of methoxy groups -OCH3 is 1. The summed E-state index contributed by atoms with van der Waals surface area (Å²) in [5.41, 5.74) is 7.61. The van der Waals surface area contributed by atoms with Gasteiger partial charge < -0.3 is 18.9 Å². The molecule has 2 heterocycles. The fourth-order valence-electron chi connectivity index (χ4n) is 4.87. The molecule has 5 rings (SSSR count). The summed E-state index contributed by atoms with van der Waals surface area (Å²) in [6, 6.07) is 24.1. The van der Waals surface area contributed by atoms with Crippen LogP contribution in [0.2, 0.25) is 0 Å². The number of rotatable bonds is 9. The van der Waals surface area contributed by atoms with E-state index in [1.807, 2.05) is 0 Å². The van der Waals surface area contributed by atoms with E-state index in [1.54, 1.807) is 7.11 Å². The van der Waals surface area contributed by atoms with Crippen LogP contribution < -0.4 is 4.90 Å². The fourth-order valence-corrected chi connectivity index (χ4v) is 4.87. The van der Waals surface area contributed by atoms with E-state index in [2.05, 4.69) is 101 Å². The van der Waals surface area contributed by atoms with Gasteiger partial charge in [-0.3, -0.25) is 0 Å². The van der Waals surface area contributed by atoms with Crippen molar-refractivity contribution in [2.75, 3.05) is 44.9 Å². The van der Waals surface area contributed by atoms with Crippen LogP contribution in [0.4, 0.5) is 5.69 Å². The van der Waals surface area contributed by atoms with E-state index in [1.165, 1.54) is 44.2 Å². The minimum atomic E-state index is 0.623. The Bertz CT molecular complexity index is 1350. The lowest BCUT2D eigenvalue weighted by Crippen LogP contribution is -2.26. The van der Waals surface area contributed by atoms with Crippen LogP contribution in [0.25, 0.3) is 33.5 Å². The maximum atomic E-state index is 5.75. The number of ether oxygens (including phenoxy) is 2. The second-order valence-corrected chi connectivity index (χ2v) is 8.60. The average Bonchev–Trinajstić information content (AvgIpc) is 3.20. The smallest absolute Gasteiger partial charge is 0.0701 e. The number of allylic oxidation sites excluding steroid dienone is 2. The molecule has 0 unspecified atom stereocenters. The summed E-state index contributed by atoms with van der Waals surface area (Å²) < 4.78 is 13.2. The van der Waals surface area contributed by atoms with Crippen molar-refractivity contribution < 1.29 is 9.47 Å². The van der Waals surface area contributed by atoms with Crippen LogP contribution >= 0.6 is 0 Å². The molecule has 1 aromatic heterocycles. The van der Waals surface area contributed by atoms with Gasteiger partial charge in [0.15, 0.2) is 0 Å². The summed E-state index contributed by atoms with van der Waals surface area (Å²) >= 11 is 0. The predicted molar refractivity (Wildman–Crippen MR) is 143 cm³/mol. The van der Waals surface area contributed by atoms with Gasteiger partial charge >= 0.3 is 0 Å². The van der Waals surface area contributed by atoms with Crippen LogP contribution in [0.3, 0.4) is 0 Å². The zero-order valence-electron chi connectivity index (χ0n) is 20.0. The molecule has 0 radical (unpaired) electrons. The molecule has 4 heteroatoms. The number of hydrogen-bond donors (Lipinski definition) is 0. The van der Waals surface area contributed by atoms with E-state index in [0.717, 1.165) is 19.6 Å². The Morgan fingerprint density at radius 3 is 2.56 bits per heavy atom. The Hall–Kier alpha value is -3.34. The SMILES string of the molecule is CCN1CC=C(/C=C/c2ccc3c(c2)c2ccccc2n3CCOCCOC)c2ccccc21. The molecular formula is C30H32N2O2. The number of benzene rings is 3. The molecule has 0 atom stereocenters. The van der Waals surface area contributed by atoms with E-state index < -0.39 is 0 Å². The first kappa shape index (κ1) is 22.5. The van der Waals surface area contributed by atoms with Gasteiger partial charge in [-0.05, 0) is 42.3 Å². The third-order valence-electron chi connectivity index (χ3n) is 6.61. The summed E-state index contributed by atoms with van der Waals surface area (Å²) in [6.07, 6.45) is 6.83. The van der Waals surface area contributed by atoms with Crippen molar-refractivity contribution in [2.24, 2.45) is 0 Å². The van der Waals surface area contributed by atoms with Gasteiger partial charge in [-0.1, -0.05) is 60.7 Å². The number of para-hydroxylation sites is 2. The largest absolute Gasteiger partial charge is 0.382 e. The van der Waals surface area contributed by atoms with Gasteiger partial charge in [0.1, 0.15) is 0 Å². The summed E-state index contributed by atoms with van der Waals surface area (Å²) in [5.74, 6) is 0. The normalized spacial score (nSPS) is 13.7. The molecule has 0 N–H and O–H groups in total. The highest BCUT2D eigenvalue weighted by Crippen LogP contribution is 2.33. The number of nitrogens with zero attached hydrogens (tertiary/aromatic N) is 2. The second kappa shape index (κ2) is 10.3. The van der Waals surface area contributed by atoms with Crippen LogP contribution in [0.15, 0.2) is 78.9 Å². The van der Waals surface area contributed by atoms with Crippen LogP contribution in [0.1, 0.15) is 18.1 Å². The van der Waals surface area contributed by atoms with E-state index >= 15 is 0 Å². The lowest BCUT2D eigenvalue weighted by molar-refractivity contribution is 0.0673. The van der Waals surface area contributed by atoms with Gasteiger partial charge in [0.2, 0.25) is 0 Å². The van der Waals surface area contributed by atoms with Gasteiger partial charge in [-0.25, -0.2) is 0 Å². The molecule has 0 spiro atoms. The van der Waals surface area contributed by atoms with E-state index in [9.17, 15) is 0 Å². The highest BCUT2D eigenvalue weighted by Gasteiger charge is 2.15. The minimum Gasteiger partial charge on any atom is -0.382 e. The number of likely N-dealkylation sites (N-methyl/N-ethyl adjacent to an activating group) is 1. The molecule has 0 bridgehead atoms. The van der Waals surface area contributed by atoms with Crippen molar-refractivity contribution >= 4 is 39.1 Å². The minimum absolute atomic E-state index is 0.623. The van der Waals surface area contributed by atoms with Gasteiger partial charge in [0.25, 0.3) is 0 Å². The molecule has 3 aromatic carbocycles. The third-order valence-corrected chi connectivity index (χ3v) is 6.61. The number of anilines is 1. The van der Waals surface area contributed by atoms with E-state index in [-0.39, 0.29) is 0 Å². The van der Waals surface area contributed by atoms with Gasteiger partial charge in [0, 0.05) is 59.8 Å². The molecule has 0 fully saturated rings. The highest BCUT2D eigenvalue weighted by atomic mass is 16.5. The lowest BCUT2D eigenvalue weighted by Gasteiger charge is -2.29. The number of fused-ring (bicyclic) bond motifs is 4. The summed E-state index contributed by atoms with van der Waals surface area (Å²) in [6.45, 7) is 6.91. The zero-order valence-corrected chi connectivity index (χ0v) is 20.0. The Morgan fingerprint density at radius 2 is 1.68 bits per heavy atom. The van der Waals surface area contributed by atoms with Crippen molar-refractivity contribution in [1.29, 1.82) is 0 Å². The zero-order chi connectivity index (χ0) is 23.3. The average molecular weight is 453 g/mol. The van der Waals surface area contributed by atoms with Crippen molar-refractivity contribution in [3.05, 3.63) is 90.0 Å². The first-order chi connectivity index (χ1) is 16.8. The first-order valence-electron chi connectivity index (χ1n) is 12.1. The molecule has 0 aliphatic carbocycles. The Balaban J connectivity index is 1.44. The summed E-state index contributed by atoms with van der Waals surface area (Å²) in [7, 11) is 1.70. The summed E-state index contributed by atoms with van der Waals surface area (Å²) in [4.78, 5) is 2.41. The van der Waals surface area contributed by atoms with Gasteiger partial charge in [0.05, 0.1) is 19.8 Å². The molecule has 4 nitrogen and oxygen atoms in total. The third kappa shape index (κ3) is 4.39. The van der Waals surface area contributed by atoms with Crippen molar-refractivity contribution in [3.63, 3.8) is 0 Å².